The Morgan fingerprint density at radius 1 is 1.15 bits per heavy atom. The predicted molar refractivity (Wildman–Crippen MR) is 80.9 cm³/mol. The molecule has 0 aromatic heterocycles. The third-order valence-electron chi connectivity index (χ3n) is 4.06. The summed E-state index contributed by atoms with van der Waals surface area (Å²) in [7, 11) is 0. The van der Waals surface area contributed by atoms with Gasteiger partial charge >= 0.3 is 0 Å². The number of carbonyl (C=O) groups is 1. The third kappa shape index (κ3) is 2.34. The predicted octanol–water partition coefficient (Wildman–Crippen LogP) is 3.72. The van der Waals surface area contributed by atoms with E-state index in [4.69, 9.17) is 0 Å². The second kappa shape index (κ2) is 5.12. The topological polar surface area (TPSA) is 29.1 Å². The molecule has 2 aromatic carbocycles. The van der Waals surface area contributed by atoms with Crippen molar-refractivity contribution in [1.82, 2.24) is 5.32 Å². The minimum absolute atomic E-state index is 0.0317. The number of hydrogen-bond donors (Lipinski definition) is 1. The van der Waals surface area contributed by atoms with Crippen molar-refractivity contribution in [2.75, 3.05) is 0 Å². The van der Waals surface area contributed by atoms with Crippen molar-refractivity contribution in [2.45, 2.75) is 32.7 Å². The Morgan fingerprint density at radius 2 is 1.95 bits per heavy atom. The Morgan fingerprint density at radius 3 is 2.75 bits per heavy atom. The molecule has 102 valence electrons. The van der Waals surface area contributed by atoms with Gasteiger partial charge in [-0.15, -0.1) is 0 Å². The number of amides is 1. The number of hydrogen-bond acceptors (Lipinski definition) is 1. The Hall–Kier alpha value is -2.09. The summed E-state index contributed by atoms with van der Waals surface area (Å²) in [4.78, 5) is 12.4. The van der Waals surface area contributed by atoms with Gasteiger partial charge in [0.25, 0.3) is 5.91 Å². The van der Waals surface area contributed by atoms with Crippen LogP contribution in [0.15, 0.2) is 42.5 Å². The Kier molecular flexibility index (Phi) is 3.31. The summed E-state index contributed by atoms with van der Waals surface area (Å²) in [6.45, 7) is 4.03. The maximum absolute atomic E-state index is 12.4. The van der Waals surface area contributed by atoms with Crippen LogP contribution >= 0.6 is 0 Å². The molecule has 0 saturated carbocycles. The first-order valence-electron chi connectivity index (χ1n) is 7.11. The van der Waals surface area contributed by atoms with E-state index in [1.54, 1.807) is 0 Å². The lowest BCUT2D eigenvalue weighted by molar-refractivity contribution is 0.0936. The van der Waals surface area contributed by atoms with Gasteiger partial charge in [-0.25, -0.2) is 0 Å². The number of rotatable bonds is 2. The number of benzene rings is 2. The van der Waals surface area contributed by atoms with Crippen molar-refractivity contribution < 1.29 is 4.79 Å². The highest BCUT2D eigenvalue weighted by atomic mass is 16.1. The van der Waals surface area contributed by atoms with Crippen LogP contribution in [-0.4, -0.2) is 5.91 Å². The first kappa shape index (κ1) is 12.9. The molecule has 2 heteroatoms. The molecule has 0 fully saturated rings. The molecule has 0 radical (unpaired) electrons. The zero-order valence-corrected chi connectivity index (χ0v) is 11.9. The summed E-state index contributed by atoms with van der Waals surface area (Å²) < 4.78 is 0. The maximum Gasteiger partial charge on any atom is 0.252 e. The minimum Gasteiger partial charge on any atom is -0.345 e. The van der Waals surface area contributed by atoms with Crippen molar-refractivity contribution >= 4 is 5.91 Å². The largest absolute Gasteiger partial charge is 0.345 e. The third-order valence-corrected chi connectivity index (χ3v) is 4.06. The highest BCUT2D eigenvalue weighted by molar-refractivity contribution is 5.96. The van der Waals surface area contributed by atoms with Gasteiger partial charge in [0.05, 0.1) is 6.04 Å². The van der Waals surface area contributed by atoms with Crippen molar-refractivity contribution in [1.29, 1.82) is 0 Å². The quantitative estimate of drug-likeness (QED) is 0.881. The van der Waals surface area contributed by atoms with E-state index in [-0.39, 0.29) is 11.9 Å². The SMILES string of the molecule is Cc1ccc(C(=O)NC2CCc3ccccc32)c(C)c1. The van der Waals surface area contributed by atoms with Crippen LogP contribution in [0.4, 0.5) is 0 Å². The second-order valence-electron chi connectivity index (χ2n) is 5.58. The highest BCUT2D eigenvalue weighted by Gasteiger charge is 2.24. The van der Waals surface area contributed by atoms with Crippen molar-refractivity contribution in [3.8, 4) is 0 Å². The summed E-state index contributed by atoms with van der Waals surface area (Å²) in [5.74, 6) is 0.0317. The molecule has 1 unspecified atom stereocenters. The number of aryl methyl sites for hydroxylation is 3. The number of fused-ring (bicyclic) bond motifs is 1. The molecular formula is C18H19NO. The van der Waals surface area contributed by atoms with E-state index < -0.39 is 0 Å². The van der Waals surface area contributed by atoms with E-state index in [1.807, 2.05) is 32.0 Å². The normalized spacial score (nSPS) is 16.8. The summed E-state index contributed by atoms with van der Waals surface area (Å²) in [5, 5.41) is 3.17. The molecule has 2 nitrogen and oxygen atoms in total. The molecule has 0 saturated heterocycles. The summed E-state index contributed by atoms with van der Waals surface area (Å²) in [6.07, 6.45) is 2.05. The van der Waals surface area contributed by atoms with E-state index in [9.17, 15) is 4.79 Å². The van der Waals surface area contributed by atoms with Crippen LogP contribution in [0.25, 0.3) is 0 Å². The average molecular weight is 265 g/mol. The fraction of sp³-hybridized carbons (Fsp3) is 0.278. The fourth-order valence-corrected chi connectivity index (χ4v) is 3.01. The van der Waals surface area contributed by atoms with Crippen LogP contribution in [0.2, 0.25) is 0 Å². The van der Waals surface area contributed by atoms with Crippen molar-refractivity contribution in [3.05, 3.63) is 70.3 Å². The van der Waals surface area contributed by atoms with E-state index in [2.05, 4.69) is 29.6 Å². The van der Waals surface area contributed by atoms with E-state index >= 15 is 0 Å². The summed E-state index contributed by atoms with van der Waals surface area (Å²) in [5.41, 5.74) is 5.63. The van der Waals surface area contributed by atoms with Crippen LogP contribution in [0.3, 0.4) is 0 Å². The van der Waals surface area contributed by atoms with E-state index in [0.717, 1.165) is 24.0 Å². The molecule has 1 aliphatic rings. The van der Waals surface area contributed by atoms with Crippen molar-refractivity contribution in [2.24, 2.45) is 0 Å². The number of carbonyl (C=O) groups excluding carboxylic acids is 1. The zero-order chi connectivity index (χ0) is 14.1. The van der Waals surface area contributed by atoms with E-state index in [1.165, 1.54) is 16.7 Å². The standard InChI is InChI=1S/C18H19NO/c1-12-7-9-15(13(2)11-12)18(20)19-17-10-8-14-5-3-4-6-16(14)17/h3-7,9,11,17H,8,10H2,1-2H3,(H,19,20). The molecule has 1 N–H and O–H groups in total. The molecule has 1 amide bonds. The molecule has 0 spiro atoms. The van der Waals surface area contributed by atoms with Gasteiger partial charge < -0.3 is 5.32 Å². The Labute approximate surface area is 119 Å². The van der Waals surface area contributed by atoms with Gasteiger partial charge in [0.2, 0.25) is 0 Å². The lowest BCUT2D eigenvalue weighted by Crippen LogP contribution is -2.27. The maximum atomic E-state index is 12.4. The lowest BCUT2D eigenvalue weighted by atomic mass is 10.0. The van der Waals surface area contributed by atoms with Crippen LogP contribution < -0.4 is 5.32 Å². The van der Waals surface area contributed by atoms with Gasteiger partial charge in [-0.3, -0.25) is 4.79 Å². The van der Waals surface area contributed by atoms with Gasteiger partial charge in [0, 0.05) is 5.56 Å². The molecule has 1 aliphatic carbocycles. The number of nitrogens with one attached hydrogen (secondary N) is 1. The second-order valence-corrected chi connectivity index (χ2v) is 5.58. The molecule has 2 aromatic rings. The molecule has 0 bridgehead atoms. The first-order valence-corrected chi connectivity index (χ1v) is 7.11. The van der Waals surface area contributed by atoms with Gasteiger partial charge in [0.1, 0.15) is 0 Å². The molecule has 3 rings (SSSR count). The highest BCUT2D eigenvalue weighted by Crippen LogP contribution is 2.31. The van der Waals surface area contributed by atoms with Crippen molar-refractivity contribution in [3.63, 3.8) is 0 Å². The fourth-order valence-electron chi connectivity index (χ4n) is 3.01. The van der Waals surface area contributed by atoms with Crippen LogP contribution in [-0.2, 0) is 6.42 Å². The van der Waals surface area contributed by atoms with Crippen LogP contribution in [0.1, 0.15) is 45.1 Å². The van der Waals surface area contributed by atoms with E-state index in [0.29, 0.717) is 0 Å². The molecule has 20 heavy (non-hydrogen) atoms. The zero-order valence-electron chi connectivity index (χ0n) is 11.9. The van der Waals surface area contributed by atoms with Gasteiger partial charge in [-0.2, -0.15) is 0 Å². The van der Waals surface area contributed by atoms with Crippen LogP contribution in [0.5, 0.6) is 0 Å². The lowest BCUT2D eigenvalue weighted by Gasteiger charge is -2.15. The summed E-state index contributed by atoms with van der Waals surface area (Å²) >= 11 is 0. The summed E-state index contributed by atoms with van der Waals surface area (Å²) in [6, 6.07) is 14.5. The van der Waals surface area contributed by atoms with Gasteiger partial charge in [-0.05, 0) is 49.4 Å². The first-order chi connectivity index (χ1) is 9.65. The minimum atomic E-state index is 0.0317. The average Bonchev–Trinajstić information content (AvgIpc) is 2.82. The molecule has 1 atom stereocenters. The Bertz CT molecular complexity index is 660. The van der Waals surface area contributed by atoms with Crippen LogP contribution in [0, 0.1) is 13.8 Å². The molecule has 0 heterocycles. The van der Waals surface area contributed by atoms with Gasteiger partial charge in [-0.1, -0.05) is 42.0 Å². The molecule has 0 aliphatic heterocycles. The monoisotopic (exact) mass is 265 g/mol. The Balaban J connectivity index is 1.81. The smallest absolute Gasteiger partial charge is 0.252 e. The van der Waals surface area contributed by atoms with Gasteiger partial charge in [0.15, 0.2) is 0 Å². The molecular weight excluding hydrogens is 246 g/mol.